The van der Waals surface area contributed by atoms with Crippen LogP contribution in [0.2, 0.25) is 0 Å². The van der Waals surface area contributed by atoms with Gasteiger partial charge >= 0.3 is 0 Å². The normalized spacial score (nSPS) is 13.7. The zero-order valence-corrected chi connectivity index (χ0v) is 18.5. The summed E-state index contributed by atoms with van der Waals surface area (Å²) in [5.41, 5.74) is 6.65. The van der Waals surface area contributed by atoms with Gasteiger partial charge in [0, 0.05) is 22.6 Å². The van der Waals surface area contributed by atoms with Crippen molar-refractivity contribution in [3.8, 4) is 5.69 Å². The molecule has 0 fully saturated rings. The molecule has 152 valence electrons. The van der Waals surface area contributed by atoms with E-state index in [-0.39, 0.29) is 11.3 Å². The van der Waals surface area contributed by atoms with Crippen LogP contribution in [0.15, 0.2) is 29.4 Å². The van der Waals surface area contributed by atoms with Crippen molar-refractivity contribution in [3.05, 3.63) is 52.3 Å². The molecule has 1 aliphatic rings. The Balaban J connectivity index is 1.56. The molecule has 3 aromatic rings. The second-order valence-electron chi connectivity index (χ2n) is 8.68. The smallest absolute Gasteiger partial charge is 0.210 e. The number of aryl methyl sites for hydroxylation is 3. The van der Waals surface area contributed by atoms with Crippen LogP contribution in [0.4, 0.5) is 0 Å². The molecular weight excluding hydrogens is 382 g/mol. The SMILES string of the molecule is Cc1cc(C(=O)CSc2nnnn2C(C)(C)C)c(C)n1-c1ccc2c(c1)CCC2. The monoisotopic (exact) mass is 409 g/mol. The highest BCUT2D eigenvalue weighted by Gasteiger charge is 2.23. The summed E-state index contributed by atoms with van der Waals surface area (Å²) in [7, 11) is 0. The standard InChI is InChI=1S/C22H27N5OS/c1-14-11-19(20(28)13-29-21-23-24-25-27(21)22(3,4)5)15(2)26(14)18-10-9-16-7-6-8-17(16)12-18/h9-12H,6-8,13H2,1-5H3. The number of fused-ring (bicyclic) bond motifs is 1. The van der Waals surface area contributed by atoms with E-state index in [1.807, 2.05) is 33.8 Å². The van der Waals surface area contributed by atoms with Crippen molar-refractivity contribution in [2.75, 3.05) is 5.75 Å². The van der Waals surface area contributed by atoms with E-state index in [1.54, 1.807) is 4.68 Å². The number of carbonyl (C=O) groups is 1. The van der Waals surface area contributed by atoms with Gasteiger partial charge in [-0.15, -0.1) is 5.10 Å². The molecule has 1 aliphatic carbocycles. The molecule has 2 heterocycles. The number of tetrazole rings is 1. The first-order valence-electron chi connectivity index (χ1n) is 10.0. The van der Waals surface area contributed by atoms with Gasteiger partial charge in [-0.25, -0.2) is 4.68 Å². The van der Waals surface area contributed by atoms with Crippen molar-refractivity contribution < 1.29 is 4.79 Å². The Bertz CT molecular complexity index is 1070. The topological polar surface area (TPSA) is 65.6 Å². The van der Waals surface area contributed by atoms with Crippen molar-refractivity contribution in [1.29, 1.82) is 0 Å². The lowest BCUT2D eigenvalue weighted by Crippen LogP contribution is -2.24. The Kier molecular flexibility index (Phi) is 5.11. The maximum Gasteiger partial charge on any atom is 0.210 e. The Hall–Kier alpha value is -2.41. The molecule has 0 N–H and O–H groups in total. The van der Waals surface area contributed by atoms with Crippen LogP contribution in [0.1, 0.15) is 60.1 Å². The van der Waals surface area contributed by atoms with Crippen LogP contribution in [0, 0.1) is 13.8 Å². The zero-order chi connectivity index (χ0) is 20.8. The molecule has 2 aromatic heterocycles. The molecule has 7 heteroatoms. The Morgan fingerprint density at radius 2 is 1.90 bits per heavy atom. The molecule has 0 saturated heterocycles. The molecule has 0 aliphatic heterocycles. The van der Waals surface area contributed by atoms with Gasteiger partial charge in [0.15, 0.2) is 5.78 Å². The molecule has 6 nitrogen and oxygen atoms in total. The van der Waals surface area contributed by atoms with E-state index >= 15 is 0 Å². The zero-order valence-electron chi connectivity index (χ0n) is 17.7. The van der Waals surface area contributed by atoms with Gasteiger partial charge in [0.1, 0.15) is 0 Å². The second kappa shape index (κ2) is 7.44. The fraction of sp³-hybridized carbons (Fsp3) is 0.455. The van der Waals surface area contributed by atoms with Crippen molar-refractivity contribution in [1.82, 2.24) is 24.8 Å². The molecule has 4 rings (SSSR count). The summed E-state index contributed by atoms with van der Waals surface area (Å²) in [6, 6.07) is 8.69. The first kappa shape index (κ1) is 19.9. The maximum atomic E-state index is 13.0. The number of aromatic nitrogens is 5. The van der Waals surface area contributed by atoms with Crippen LogP contribution in [0.25, 0.3) is 5.69 Å². The quantitative estimate of drug-likeness (QED) is 0.464. The maximum absolute atomic E-state index is 13.0. The van der Waals surface area contributed by atoms with Gasteiger partial charge in [-0.05, 0) is 93.6 Å². The Morgan fingerprint density at radius 1 is 1.14 bits per heavy atom. The van der Waals surface area contributed by atoms with E-state index in [0.717, 1.165) is 29.1 Å². The van der Waals surface area contributed by atoms with Crippen LogP contribution in [0.5, 0.6) is 0 Å². The third-order valence-electron chi connectivity index (χ3n) is 5.48. The predicted molar refractivity (Wildman–Crippen MR) is 115 cm³/mol. The lowest BCUT2D eigenvalue weighted by molar-refractivity contribution is 0.102. The van der Waals surface area contributed by atoms with E-state index in [1.165, 1.54) is 35.7 Å². The highest BCUT2D eigenvalue weighted by Crippen LogP contribution is 2.28. The molecule has 29 heavy (non-hydrogen) atoms. The minimum Gasteiger partial charge on any atom is -0.318 e. The fourth-order valence-corrected chi connectivity index (χ4v) is 4.98. The van der Waals surface area contributed by atoms with E-state index in [4.69, 9.17) is 0 Å². The molecule has 0 spiro atoms. The van der Waals surface area contributed by atoms with Crippen LogP contribution in [-0.4, -0.2) is 36.3 Å². The lowest BCUT2D eigenvalue weighted by atomic mass is 10.1. The number of hydrogen-bond donors (Lipinski definition) is 0. The molecule has 0 amide bonds. The number of rotatable bonds is 5. The Labute approximate surface area is 175 Å². The summed E-state index contributed by atoms with van der Waals surface area (Å²) in [5.74, 6) is 0.407. The van der Waals surface area contributed by atoms with E-state index in [0.29, 0.717) is 10.9 Å². The minimum absolute atomic E-state index is 0.0963. The number of carbonyl (C=O) groups excluding carboxylic acids is 1. The van der Waals surface area contributed by atoms with Crippen molar-refractivity contribution >= 4 is 17.5 Å². The third kappa shape index (κ3) is 3.75. The van der Waals surface area contributed by atoms with E-state index in [9.17, 15) is 4.79 Å². The van der Waals surface area contributed by atoms with Crippen molar-refractivity contribution in [2.24, 2.45) is 0 Å². The average molecular weight is 410 g/mol. The average Bonchev–Trinajstić information content (AvgIpc) is 3.37. The molecule has 0 radical (unpaired) electrons. The predicted octanol–water partition coefficient (Wildman–Crippen LogP) is 4.30. The number of thioether (sulfide) groups is 1. The molecule has 0 bridgehead atoms. The number of Topliss-reactive ketones (excluding diaryl/α,β-unsaturated/α-hetero) is 1. The third-order valence-corrected chi connectivity index (χ3v) is 6.40. The first-order valence-corrected chi connectivity index (χ1v) is 11.0. The van der Waals surface area contributed by atoms with Gasteiger partial charge in [0.2, 0.25) is 5.16 Å². The highest BCUT2D eigenvalue weighted by molar-refractivity contribution is 7.99. The molecular formula is C22H27N5OS. The van der Waals surface area contributed by atoms with Crippen LogP contribution in [0.3, 0.4) is 0 Å². The number of ketones is 1. The molecule has 0 unspecified atom stereocenters. The van der Waals surface area contributed by atoms with Gasteiger partial charge in [-0.1, -0.05) is 17.8 Å². The summed E-state index contributed by atoms with van der Waals surface area (Å²) in [5, 5.41) is 12.6. The molecule has 0 atom stereocenters. The first-order chi connectivity index (χ1) is 13.8. The van der Waals surface area contributed by atoms with Gasteiger partial charge in [0.05, 0.1) is 11.3 Å². The van der Waals surface area contributed by atoms with Crippen molar-refractivity contribution in [2.45, 2.75) is 64.6 Å². The largest absolute Gasteiger partial charge is 0.318 e. The summed E-state index contributed by atoms with van der Waals surface area (Å²) in [6.07, 6.45) is 3.55. The summed E-state index contributed by atoms with van der Waals surface area (Å²) < 4.78 is 3.95. The summed E-state index contributed by atoms with van der Waals surface area (Å²) in [6.45, 7) is 10.2. The summed E-state index contributed by atoms with van der Waals surface area (Å²) >= 11 is 1.39. The van der Waals surface area contributed by atoms with Gasteiger partial charge in [-0.3, -0.25) is 4.79 Å². The summed E-state index contributed by atoms with van der Waals surface area (Å²) in [4.78, 5) is 13.0. The molecule has 1 aromatic carbocycles. The van der Waals surface area contributed by atoms with E-state index in [2.05, 4.69) is 45.2 Å². The lowest BCUT2D eigenvalue weighted by Gasteiger charge is -2.19. The number of nitrogens with zero attached hydrogens (tertiary/aromatic N) is 5. The van der Waals surface area contributed by atoms with Crippen LogP contribution in [-0.2, 0) is 18.4 Å². The Morgan fingerprint density at radius 3 is 2.66 bits per heavy atom. The van der Waals surface area contributed by atoms with Crippen LogP contribution >= 0.6 is 11.8 Å². The van der Waals surface area contributed by atoms with Gasteiger partial charge in [-0.2, -0.15) is 0 Å². The minimum atomic E-state index is -0.224. The number of benzene rings is 1. The van der Waals surface area contributed by atoms with E-state index < -0.39 is 0 Å². The van der Waals surface area contributed by atoms with Gasteiger partial charge < -0.3 is 4.57 Å². The number of hydrogen-bond acceptors (Lipinski definition) is 5. The van der Waals surface area contributed by atoms with Gasteiger partial charge in [0.25, 0.3) is 0 Å². The molecule has 0 saturated carbocycles. The van der Waals surface area contributed by atoms with Crippen LogP contribution < -0.4 is 0 Å². The highest BCUT2D eigenvalue weighted by atomic mass is 32.2. The van der Waals surface area contributed by atoms with Crippen molar-refractivity contribution in [3.63, 3.8) is 0 Å². The second-order valence-corrected chi connectivity index (χ2v) is 9.63. The fourth-order valence-electron chi connectivity index (χ4n) is 4.04.